The lowest BCUT2D eigenvalue weighted by molar-refractivity contribution is -0.104. The summed E-state index contributed by atoms with van der Waals surface area (Å²) in [5, 5.41) is 24.3. The summed E-state index contributed by atoms with van der Waals surface area (Å²) in [6.07, 6.45) is 14.2. The van der Waals surface area contributed by atoms with Gasteiger partial charge in [-0.3, -0.25) is 14.8 Å². The van der Waals surface area contributed by atoms with Gasteiger partial charge in [-0.2, -0.15) is 24.4 Å². The second-order valence-electron chi connectivity index (χ2n) is 9.87. The number of alkyl halides is 4. The summed E-state index contributed by atoms with van der Waals surface area (Å²) in [5.41, 5.74) is 2.06. The van der Waals surface area contributed by atoms with Gasteiger partial charge < -0.3 is 0 Å². The number of hydrogen-bond acceptors (Lipinski definition) is 6. The molecular formula is C33H35F4N5O. The van der Waals surface area contributed by atoms with Crippen molar-refractivity contribution in [3.8, 4) is 12.1 Å². The molecule has 0 radical (unpaired) electrons. The van der Waals surface area contributed by atoms with Crippen molar-refractivity contribution in [1.29, 1.82) is 10.5 Å². The molecule has 1 unspecified atom stereocenters. The second kappa shape index (κ2) is 16.8. The molecule has 0 saturated carbocycles. The maximum atomic E-state index is 13.7. The van der Waals surface area contributed by atoms with Gasteiger partial charge in [0.2, 0.25) is 6.43 Å². The van der Waals surface area contributed by atoms with Gasteiger partial charge in [-0.15, -0.1) is 0 Å². The first-order valence-corrected chi connectivity index (χ1v) is 13.8. The quantitative estimate of drug-likeness (QED) is 0.0571. The van der Waals surface area contributed by atoms with Gasteiger partial charge in [0.1, 0.15) is 17.5 Å². The summed E-state index contributed by atoms with van der Waals surface area (Å²) >= 11 is 0. The van der Waals surface area contributed by atoms with Crippen LogP contribution in [0.4, 0.5) is 17.6 Å². The molecule has 0 N–H and O–H groups in total. The molecule has 0 bridgehead atoms. The molecule has 0 amide bonds. The van der Waals surface area contributed by atoms with Crippen LogP contribution in [0, 0.1) is 28.6 Å². The monoisotopic (exact) mass is 593 g/mol. The summed E-state index contributed by atoms with van der Waals surface area (Å²) in [5.74, 6) is -4.03. The molecule has 0 aromatic heterocycles. The number of carbonyl (C=O) groups excluding carboxylic acids is 1. The van der Waals surface area contributed by atoms with E-state index < -0.39 is 24.3 Å². The van der Waals surface area contributed by atoms with Crippen molar-refractivity contribution in [2.45, 2.75) is 64.7 Å². The zero-order valence-electron chi connectivity index (χ0n) is 24.5. The van der Waals surface area contributed by atoms with Crippen LogP contribution in [-0.4, -0.2) is 42.1 Å². The second-order valence-corrected chi connectivity index (χ2v) is 9.87. The molecule has 1 aliphatic carbocycles. The Morgan fingerprint density at radius 1 is 1.28 bits per heavy atom. The van der Waals surface area contributed by atoms with Crippen molar-refractivity contribution < 1.29 is 22.4 Å². The van der Waals surface area contributed by atoms with Crippen molar-refractivity contribution in [3.05, 3.63) is 94.9 Å². The number of aldehydes is 1. The Hall–Kier alpha value is -4.57. The van der Waals surface area contributed by atoms with Crippen LogP contribution in [0.5, 0.6) is 0 Å². The predicted molar refractivity (Wildman–Crippen MR) is 161 cm³/mol. The molecule has 6 nitrogen and oxygen atoms in total. The third kappa shape index (κ3) is 10.3. The van der Waals surface area contributed by atoms with Gasteiger partial charge in [0.15, 0.2) is 6.29 Å². The Morgan fingerprint density at radius 3 is 2.63 bits per heavy atom. The van der Waals surface area contributed by atoms with E-state index in [4.69, 9.17) is 15.4 Å². The van der Waals surface area contributed by atoms with Crippen LogP contribution in [0.2, 0.25) is 0 Å². The van der Waals surface area contributed by atoms with E-state index in [1.807, 2.05) is 26.0 Å². The van der Waals surface area contributed by atoms with E-state index in [1.165, 1.54) is 12.2 Å². The third-order valence-corrected chi connectivity index (χ3v) is 6.66. The average molecular weight is 594 g/mol. The van der Waals surface area contributed by atoms with Crippen LogP contribution in [0.1, 0.15) is 52.4 Å². The average Bonchev–Trinajstić information content (AvgIpc) is 3.10. The van der Waals surface area contributed by atoms with E-state index in [0.717, 1.165) is 11.8 Å². The number of halogens is 4. The van der Waals surface area contributed by atoms with Gasteiger partial charge in [-0.05, 0) is 43.1 Å². The van der Waals surface area contributed by atoms with Crippen molar-refractivity contribution in [2.24, 2.45) is 16.0 Å². The Bertz CT molecular complexity index is 1430. The lowest BCUT2D eigenvalue weighted by Crippen LogP contribution is -2.16. The first kappa shape index (κ1) is 34.6. The number of nitriles is 2. The van der Waals surface area contributed by atoms with E-state index >= 15 is 0 Å². The summed E-state index contributed by atoms with van der Waals surface area (Å²) < 4.78 is 53.7. The summed E-state index contributed by atoms with van der Waals surface area (Å²) in [4.78, 5) is 17.3. The molecule has 226 valence electrons. The molecule has 10 heteroatoms. The standard InChI is InChI=1S/C33H35F4N5O/c1-5-9-26(12-8-10-24(3)33(36,37)22-39)28(21-43)32-30(17-14-23(2)29(40-32)18-19-31(34)35)41-42(4)27-13-7-6-11-25(20-38)15-16-27/h6-9,12,14-17,21,23,31H,3,5,10-11,13,18-19H2,1-2,4H3/b7-6-,12-8?,25-15+,26-9+,27-16+,32-28-,41-30-. The Labute approximate surface area is 250 Å². The van der Waals surface area contributed by atoms with Gasteiger partial charge >= 0.3 is 5.92 Å². The lowest BCUT2D eigenvalue weighted by atomic mass is 9.99. The molecular weight excluding hydrogens is 558 g/mol. The van der Waals surface area contributed by atoms with Crippen LogP contribution in [0.15, 0.2) is 105 Å². The van der Waals surface area contributed by atoms with Crippen molar-refractivity contribution >= 4 is 17.7 Å². The number of hydrazone groups is 1. The highest BCUT2D eigenvalue weighted by Crippen LogP contribution is 2.28. The highest BCUT2D eigenvalue weighted by molar-refractivity contribution is 6.15. The molecule has 0 aromatic carbocycles. The van der Waals surface area contributed by atoms with Crippen LogP contribution >= 0.6 is 0 Å². The first-order valence-electron chi connectivity index (χ1n) is 13.8. The molecule has 2 aliphatic rings. The SMILES string of the molecule is C=C(CC=CC(=C\CC)/C(C=O)=C1\N=C(CCC(F)F)C(C)C=C\C1=N\N(C)/C1=C/C=C(/C#N)C/C=C\C1)C(F)(F)C#N. The number of rotatable bonds is 12. The topological polar surface area (TPSA) is 92.6 Å². The van der Waals surface area contributed by atoms with E-state index in [2.05, 4.69) is 12.6 Å². The molecule has 1 atom stereocenters. The molecule has 0 fully saturated rings. The zero-order valence-corrected chi connectivity index (χ0v) is 24.5. The van der Waals surface area contributed by atoms with Gasteiger partial charge in [0.25, 0.3) is 0 Å². The van der Waals surface area contributed by atoms with Gasteiger partial charge in [-0.1, -0.05) is 56.9 Å². The van der Waals surface area contributed by atoms with Crippen molar-refractivity contribution in [3.63, 3.8) is 0 Å². The Balaban J connectivity index is 2.72. The fourth-order valence-electron chi connectivity index (χ4n) is 4.13. The summed E-state index contributed by atoms with van der Waals surface area (Å²) in [6.45, 7) is 6.94. The van der Waals surface area contributed by atoms with E-state index in [1.54, 1.807) is 42.4 Å². The highest BCUT2D eigenvalue weighted by Gasteiger charge is 2.31. The van der Waals surface area contributed by atoms with Gasteiger partial charge in [-0.25, -0.2) is 8.78 Å². The van der Waals surface area contributed by atoms with Gasteiger partial charge in [0, 0.05) is 60.4 Å². The van der Waals surface area contributed by atoms with E-state index in [0.29, 0.717) is 42.4 Å². The Morgan fingerprint density at radius 2 is 2.00 bits per heavy atom. The normalized spacial score (nSPS) is 23.1. The van der Waals surface area contributed by atoms with Crippen molar-refractivity contribution in [1.82, 2.24) is 5.01 Å². The van der Waals surface area contributed by atoms with Crippen LogP contribution in [-0.2, 0) is 4.79 Å². The van der Waals surface area contributed by atoms with Gasteiger partial charge in [0.05, 0.1) is 6.07 Å². The predicted octanol–water partition coefficient (Wildman–Crippen LogP) is 8.10. The van der Waals surface area contributed by atoms with E-state index in [9.17, 15) is 27.6 Å². The number of hydrogen-bond donors (Lipinski definition) is 0. The fraction of sp³-hybridized carbons (Fsp3) is 0.364. The fourth-order valence-corrected chi connectivity index (χ4v) is 4.13. The molecule has 2 rings (SSSR count). The number of allylic oxidation sites excluding steroid dienone is 13. The smallest absolute Gasteiger partial charge is 0.298 e. The van der Waals surface area contributed by atoms with Crippen LogP contribution < -0.4 is 0 Å². The number of nitrogens with zero attached hydrogens (tertiary/aromatic N) is 5. The first-order chi connectivity index (χ1) is 20.5. The summed E-state index contributed by atoms with van der Waals surface area (Å²) in [6, 6.07) is 3.06. The van der Waals surface area contributed by atoms with E-state index in [-0.39, 0.29) is 35.7 Å². The maximum Gasteiger partial charge on any atom is 0.353 e. The molecule has 1 aliphatic heterocycles. The Kier molecular flexibility index (Phi) is 13.5. The maximum absolute atomic E-state index is 13.7. The number of aliphatic imine (C=N–C) groups is 1. The minimum Gasteiger partial charge on any atom is -0.298 e. The minimum absolute atomic E-state index is 0.00859. The zero-order chi connectivity index (χ0) is 32.0. The summed E-state index contributed by atoms with van der Waals surface area (Å²) in [7, 11) is 1.71. The molecule has 1 heterocycles. The largest absolute Gasteiger partial charge is 0.353 e. The molecule has 0 spiro atoms. The minimum atomic E-state index is -3.70. The van der Waals surface area contributed by atoms with Crippen molar-refractivity contribution in [2.75, 3.05) is 7.05 Å². The lowest BCUT2D eigenvalue weighted by Gasteiger charge is -2.19. The highest BCUT2D eigenvalue weighted by atomic mass is 19.3. The molecule has 0 aromatic rings. The molecule has 0 saturated heterocycles. The number of carbonyl (C=O) groups is 1. The van der Waals surface area contributed by atoms with Crippen LogP contribution in [0.3, 0.4) is 0 Å². The van der Waals surface area contributed by atoms with Crippen LogP contribution in [0.25, 0.3) is 0 Å². The molecule has 43 heavy (non-hydrogen) atoms. The third-order valence-electron chi connectivity index (χ3n) is 6.66.